The zero-order valence-electron chi connectivity index (χ0n) is 13.5. The van der Waals surface area contributed by atoms with Crippen LogP contribution in [0.25, 0.3) is 11.1 Å². The monoisotopic (exact) mass is 353 g/mol. The first-order valence-electron chi connectivity index (χ1n) is 7.66. The molecule has 0 saturated heterocycles. The lowest BCUT2D eigenvalue weighted by Gasteiger charge is -2.16. The van der Waals surface area contributed by atoms with Gasteiger partial charge in [0.05, 0.1) is 13.0 Å². The number of nitrogens with two attached hydrogens (primary N) is 1. The van der Waals surface area contributed by atoms with E-state index in [9.17, 15) is 18.0 Å². The molecule has 0 radical (unpaired) electrons. The Kier molecular flexibility index (Phi) is 6.03. The van der Waals surface area contributed by atoms with E-state index in [2.05, 4.69) is 4.74 Å². The summed E-state index contributed by atoms with van der Waals surface area (Å²) in [6.45, 7) is 1.87. The molecule has 0 spiro atoms. The Morgan fingerprint density at radius 3 is 2.40 bits per heavy atom. The van der Waals surface area contributed by atoms with Crippen molar-refractivity contribution in [3.8, 4) is 16.9 Å². The summed E-state index contributed by atoms with van der Waals surface area (Å²) in [5.41, 5.74) is 7.54. The van der Waals surface area contributed by atoms with Crippen LogP contribution in [-0.2, 0) is 9.53 Å². The molecule has 2 N–H and O–H groups in total. The molecule has 0 bridgehead atoms. The highest BCUT2D eigenvalue weighted by Crippen LogP contribution is 2.32. The number of benzene rings is 2. The maximum atomic E-state index is 12.6. The fourth-order valence-corrected chi connectivity index (χ4v) is 2.34. The molecule has 1 atom stereocenters. The molecule has 0 heterocycles. The summed E-state index contributed by atoms with van der Waals surface area (Å²) in [6.07, 6.45) is -4.96. The van der Waals surface area contributed by atoms with Crippen LogP contribution in [-0.4, -0.2) is 18.9 Å². The second-order valence-corrected chi connectivity index (χ2v) is 5.32. The van der Waals surface area contributed by atoms with Crippen LogP contribution in [0.3, 0.4) is 0 Å². The molecular weight excluding hydrogens is 335 g/mol. The smallest absolute Gasteiger partial charge is 0.466 e. The van der Waals surface area contributed by atoms with Crippen LogP contribution < -0.4 is 10.5 Å². The van der Waals surface area contributed by atoms with Gasteiger partial charge in [-0.3, -0.25) is 4.79 Å². The summed E-state index contributed by atoms with van der Waals surface area (Å²) in [6, 6.07) is 12.2. The van der Waals surface area contributed by atoms with E-state index in [1.807, 2.05) is 0 Å². The molecule has 0 aromatic heterocycles. The fraction of sp³-hybridized carbons (Fsp3) is 0.278. The lowest BCUT2D eigenvalue weighted by atomic mass is 9.98. The highest BCUT2D eigenvalue weighted by Gasteiger charge is 2.31. The van der Waals surface area contributed by atoms with Crippen molar-refractivity contribution in [2.75, 3.05) is 6.61 Å². The van der Waals surface area contributed by atoms with Gasteiger partial charge in [-0.2, -0.15) is 0 Å². The highest BCUT2D eigenvalue weighted by atomic mass is 19.4. The van der Waals surface area contributed by atoms with Crippen LogP contribution >= 0.6 is 0 Å². The van der Waals surface area contributed by atoms with E-state index in [0.29, 0.717) is 16.7 Å². The Morgan fingerprint density at radius 2 is 1.80 bits per heavy atom. The molecule has 7 heteroatoms. The van der Waals surface area contributed by atoms with Gasteiger partial charge in [-0.1, -0.05) is 30.3 Å². The van der Waals surface area contributed by atoms with Crippen molar-refractivity contribution in [1.29, 1.82) is 0 Å². The van der Waals surface area contributed by atoms with Crippen LogP contribution in [0.15, 0.2) is 48.5 Å². The Morgan fingerprint density at radius 1 is 1.12 bits per heavy atom. The molecule has 0 aliphatic carbocycles. The number of carbonyl (C=O) groups is 1. The van der Waals surface area contributed by atoms with Crippen LogP contribution in [0.1, 0.15) is 24.9 Å². The molecule has 1 unspecified atom stereocenters. The van der Waals surface area contributed by atoms with E-state index < -0.39 is 18.4 Å². The molecule has 0 aliphatic heterocycles. The average molecular weight is 353 g/mol. The van der Waals surface area contributed by atoms with E-state index in [4.69, 9.17) is 10.5 Å². The molecular formula is C18H18F3NO3. The normalized spacial score (nSPS) is 12.5. The molecule has 2 rings (SSSR count). The minimum Gasteiger partial charge on any atom is -0.466 e. The number of alkyl halides is 3. The van der Waals surface area contributed by atoms with Gasteiger partial charge in [-0.25, -0.2) is 0 Å². The van der Waals surface area contributed by atoms with Crippen molar-refractivity contribution in [3.63, 3.8) is 0 Å². The Balaban J connectivity index is 2.37. The van der Waals surface area contributed by atoms with Gasteiger partial charge < -0.3 is 15.2 Å². The lowest BCUT2D eigenvalue weighted by Crippen LogP contribution is -2.19. The summed E-state index contributed by atoms with van der Waals surface area (Å²) in [5, 5.41) is 0. The quantitative estimate of drug-likeness (QED) is 0.791. The van der Waals surface area contributed by atoms with Crippen LogP contribution in [0.2, 0.25) is 0 Å². The van der Waals surface area contributed by atoms with E-state index in [-0.39, 0.29) is 18.8 Å². The Labute approximate surface area is 143 Å². The topological polar surface area (TPSA) is 61.5 Å². The first-order valence-corrected chi connectivity index (χ1v) is 7.66. The third-order valence-electron chi connectivity index (χ3n) is 3.39. The van der Waals surface area contributed by atoms with Gasteiger partial charge in [0.15, 0.2) is 0 Å². The number of carbonyl (C=O) groups excluding carboxylic acids is 1. The Hall–Kier alpha value is -2.54. The zero-order chi connectivity index (χ0) is 18.4. The Bertz CT molecular complexity index is 717. The second-order valence-electron chi connectivity index (χ2n) is 5.32. The first-order chi connectivity index (χ1) is 11.8. The van der Waals surface area contributed by atoms with Crippen LogP contribution in [0.5, 0.6) is 5.75 Å². The van der Waals surface area contributed by atoms with Crippen molar-refractivity contribution < 1.29 is 27.4 Å². The number of halogens is 3. The predicted molar refractivity (Wildman–Crippen MR) is 86.7 cm³/mol. The number of hydrogen-bond donors (Lipinski definition) is 1. The van der Waals surface area contributed by atoms with E-state index in [1.165, 1.54) is 12.1 Å². The van der Waals surface area contributed by atoms with Gasteiger partial charge in [0.2, 0.25) is 0 Å². The number of hydrogen-bond acceptors (Lipinski definition) is 4. The fourth-order valence-electron chi connectivity index (χ4n) is 2.34. The molecule has 134 valence electrons. The van der Waals surface area contributed by atoms with E-state index in [1.54, 1.807) is 43.3 Å². The van der Waals surface area contributed by atoms with Crippen LogP contribution in [0, 0.1) is 0 Å². The van der Waals surface area contributed by atoms with Gasteiger partial charge in [-0.15, -0.1) is 13.2 Å². The summed E-state index contributed by atoms with van der Waals surface area (Å²) in [7, 11) is 0. The molecule has 2 aromatic carbocycles. The third kappa shape index (κ3) is 5.79. The maximum Gasteiger partial charge on any atom is 0.573 e. The zero-order valence-corrected chi connectivity index (χ0v) is 13.5. The standard InChI is InChI=1S/C18H18F3NO3/c1-2-24-17(23)11-16(22)14-8-13(12-6-4-3-5-7-12)9-15(10-14)25-18(19,20)21/h3-10,16H,2,11,22H2,1H3. The molecule has 0 saturated carbocycles. The van der Waals surface area contributed by atoms with Crippen molar-refractivity contribution in [1.82, 2.24) is 0 Å². The molecule has 25 heavy (non-hydrogen) atoms. The van der Waals surface area contributed by atoms with Crippen molar-refractivity contribution in [3.05, 3.63) is 54.1 Å². The second kappa shape index (κ2) is 8.02. The highest BCUT2D eigenvalue weighted by molar-refractivity contribution is 5.71. The van der Waals surface area contributed by atoms with E-state index in [0.717, 1.165) is 0 Å². The molecule has 2 aromatic rings. The molecule has 0 amide bonds. The minimum atomic E-state index is -4.82. The number of rotatable bonds is 6. The largest absolute Gasteiger partial charge is 0.573 e. The molecule has 0 aliphatic rings. The lowest BCUT2D eigenvalue weighted by molar-refractivity contribution is -0.274. The summed E-state index contributed by atoms with van der Waals surface area (Å²) in [5.74, 6) is -0.901. The van der Waals surface area contributed by atoms with E-state index >= 15 is 0 Å². The van der Waals surface area contributed by atoms with Crippen LogP contribution in [0.4, 0.5) is 13.2 Å². The third-order valence-corrected chi connectivity index (χ3v) is 3.39. The van der Waals surface area contributed by atoms with Crippen molar-refractivity contribution in [2.45, 2.75) is 25.7 Å². The summed E-state index contributed by atoms with van der Waals surface area (Å²) >= 11 is 0. The van der Waals surface area contributed by atoms with Gasteiger partial charge in [0.1, 0.15) is 5.75 Å². The first kappa shape index (κ1) is 18.8. The average Bonchev–Trinajstić information content (AvgIpc) is 2.54. The van der Waals surface area contributed by atoms with Crippen molar-refractivity contribution >= 4 is 5.97 Å². The number of esters is 1. The van der Waals surface area contributed by atoms with Gasteiger partial charge in [0.25, 0.3) is 0 Å². The van der Waals surface area contributed by atoms with Gasteiger partial charge in [-0.05, 0) is 41.8 Å². The summed E-state index contributed by atoms with van der Waals surface area (Å²) in [4.78, 5) is 11.6. The predicted octanol–water partition coefficient (Wildman–Crippen LogP) is 4.21. The molecule has 4 nitrogen and oxygen atoms in total. The van der Waals surface area contributed by atoms with Crippen molar-refractivity contribution in [2.24, 2.45) is 5.73 Å². The summed E-state index contributed by atoms with van der Waals surface area (Å²) < 4.78 is 46.6. The van der Waals surface area contributed by atoms with Gasteiger partial charge in [0, 0.05) is 6.04 Å². The SMILES string of the molecule is CCOC(=O)CC(N)c1cc(OC(F)(F)F)cc(-c2ccccc2)c1. The maximum absolute atomic E-state index is 12.6. The van der Waals surface area contributed by atoms with Gasteiger partial charge >= 0.3 is 12.3 Å². The number of ether oxygens (including phenoxy) is 2. The molecule has 0 fully saturated rings. The minimum absolute atomic E-state index is 0.141.